The maximum absolute atomic E-state index is 10.4. The van der Waals surface area contributed by atoms with Gasteiger partial charge in [-0.05, 0) is 18.9 Å². The minimum atomic E-state index is -0.981. The Morgan fingerprint density at radius 1 is 1.83 bits per heavy atom. The molecule has 4 heteroatoms. The van der Waals surface area contributed by atoms with Crippen LogP contribution in [0.25, 0.3) is 0 Å². The lowest BCUT2D eigenvalue weighted by molar-refractivity contribution is -0.138. The van der Waals surface area contributed by atoms with E-state index in [-0.39, 0.29) is 0 Å². The maximum Gasteiger partial charge on any atom is 0.320 e. The van der Waals surface area contributed by atoms with Gasteiger partial charge in [0, 0.05) is 6.42 Å². The predicted molar refractivity (Wildman–Crippen MR) is 43.5 cm³/mol. The van der Waals surface area contributed by atoms with Gasteiger partial charge in [-0.1, -0.05) is 0 Å². The molecule has 1 unspecified atom stereocenters. The van der Waals surface area contributed by atoms with Gasteiger partial charge in [-0.2, -0.15) is 0 Å². The smallest absolute Gasteiger partial charge is 0.320 e. The van der Waals surface area contributed by atoms with E-state index in [1.54, 1.807) is 0 Å². The van der Waals surface area contributed by atoms with E-state index < -0.39 is 12.0 Å². The Bertz CT molecular complexity index is 200. The monoisotopic (exact) mass is 171 g/mol. The molecule has 0 amide bonds. The van der Waals surface area contributed by atoms with Gasteiger partial charge in [0.25, 0.3) is 0 Å². The van der Waals surface area contributed by atoms with Crippen LogP contribution in [-0.4, -0.2) is 23.7 Å². The SMILES string of the molecule is NC(CC1=CCCCO1)C(=O)O. The minimum Gasteiger partial charge on any atom is -0.498 e. The van der Waals surface area contributed by atoms with Crippen LogP contribution < -0.4 is 5.73 Å². The number of carboxylic acids is 1. The molecule has 1 heterocycles. The van der Waals surface area contributed by atoms with Gasteiger partial charge >= 0.3 is 5.97 Å². The summed E-state index contributed by atoms with van der Waals surface area (Å²) in [6.45, 7) is 0.679. The van der Waals surface area contributed by atoms with Crippen molar-refractivity contribution in [1.82, 2.24) is 0 Å². The molecule has 0 saturated heterocycles. The lowest BCUT2D eigenvalue weighted by Gasteiger charge is -2.16. The van der Waals surface area contributed by atoms with Gasteiger partial charge in [-0.3, -0.25) is 4.79 Å². The van der Waals surface area contributed by atoms with Crippen molar-refractivity contribution in [3.8, 4) is 0 Å². The Hall–Kier alpha value is -1.03. The van der Waals surface area contributed by atoms with Crippen molar-refractivity contribution in [2.75, 3.05) is 6.61 Å². The number of nitrogens with two attached hydrogens (primary N) is 1. The Morgan fingerprint density at radius 2 is 2.58 bits per heavy atom. The highest BCUT2D eigenvalue weighted by molar-refractivity contribution is 5.73. The summed E-state index contributed by atoms with van der Waals surface area (Å²) in [5.41, 5.74) is 5.33. The molecule has 0 aliphatic carbocycles. The van der Waals surface area contributed by atoms with Gasteiger partial charge in [-0.25, -0.2) is 0 Å². The first kappa shape index (κ1) is 9.06. The molecule has 4 nitrogen and oxygen atoms in total. The van der Waals surface area contributed by atoms with Crippen molar-refractivity contribution < 1.29 is 14.6 Å². The van der Waals surface area contributed by atoms with E-state index in [9.17, 15) is 4.79 Å². The van der Waals surface area contributed by atoms with E-state index in [1.807, 2.05) is 6.08 Å². The van der Waals surface area contributed by atoms with Crippen LogP contribution in [0.15, 0.2) is 11.8 Å². The third-order valence-electron chi connectivity index (χ3n) is 1.75. The summed E-state index contributed by atoms with van der Waals surface area (Å²) in [4.78, 5) is 10.4. The highest BCUT2D eigenvalue weighted by Crippen LogP contribution is 2.14. The first-order chi connectivity index (χ1) is 5.70. The zero-order valence-corrected chi connectivity index (χ0v) is 6.82. The van der Waals surface area contributed by atoms with Crippen LogP contribution in [0.3, 0.4) is 0 Å². The number of hydrogen-bond acceptors (Lipinski definition) is 3. The molecule has 0 spiro atoms. The molecule has 1 aliphatic heterocycles. The summed E-state index contributed by atoms with van der Waals surface area (Å²) in [5.74, 6) is -0.263. The standard InChI is InChI=1S/C8H13NO3/c9-7(8(10)11)5-6-3-1-2-4-12-6/h3,7H,1-2,4-5,9H2,(H,10,11). The third kappa shape index (κ3) is 2.54. The molecule has 0 saturated carbocycles. The van der Waals surface area contributed by atoms with Gasteiger partial charge in [0.05, 0.1) is 12.4 Å². The summed E-state index contributed by atoms with van der Waals surface area (Å²) in [6.07, 6.45) is 4.18. The topological polar surface area (TPSA) is 72.5 Å². The molecule has 1 aliphatic rings. The Kier molecular flexibility index (Phi) is 3.10. The second-order valence-electron chi connectivity index (χ2n) is 2.81. The molecule has 12 heavy (non-hydrogen) atoms. The van der Waals surface area contributed by atoms with Gasteiger partial charge in [-0.15, -0.1) is 0 Å². The van der Waals surface area contributed by atoms with Crippen LogP contribution in [-0.2, 0) is 9.53 Å². The second-order valence-corrected chi connectivity index (χ2v) is 2.81. The molecule has 0 fully saturated rings. The fraction of sp³-hybridized carbons (Fsp3) is 0.625. The minimum absolute atomic E-state index is 0.301. The van der Waals surface area contributed by atoms with Crippen LogP contribution in [0.2, 0.25) is 0 Å². The summed E-state index contributed by atoms with van der Waals surface area (Å²) < 4.78 is 5.22. The number of carboxylic acid groups (broad SMARTS) is 1. The average Bonchev–Trinajstić information content (AvgIpc) is 2.06. The molecule has 0 aromatic rings. The van der Waals surface area contributed by atoms with Crippen LogP contribution in [0.5, 0.6) is 0 Å². The van der Waals surface area contributed by atoms with E-state index in [1.165, 1.54) is 0 Å². The second kappa shape index (κ2) is 4.11. The van der Waals surface area contributed by atoms with Gasteiger partial charge in [0.15, 0.2) is 0 Å². The molecule has 1 atom stereocenters. The van der Waals surface area contributed by atoms with Crippen molar-refractivity contribution in [3.63, 3.8) is 0 Å². The number of aliphatic carboxylic acids is 1. The summed E-state index contributed by atoms with van der Waals surface area (Å²) in [7, 11) is 0. The highest BCUT2D eigenvalue weighted by Gasteiger charge is 2.15. The molecule has 3 N–H and O–H groups in total. The quantitative estimate of drug-likeness (QED) is 0.648. The van der Waals surface area contributed by atoms with Gasteiger partial charge in [0.2, 0.25) is 0 Å². The van der Waals surface area contributed by atoms with Crippen molar-refractivity contribution >= 4 is 5.97 Å². The van der Waals surface area contributed by atoms with E-state index in [4.69, 9.17) is 15.6 Å². The van der Waals surface area contributed by atoms with Crippen molar-refractivity contribution in [3.05, 3.63) is 11.8 Å². The van der Waals surface area contributed by atoms with Crippen molar-refractivity contribution in [1.29, 1.82) is 0 Å². The first-order valence-electron chi connectivity index (χ1n) is 4.00. The third-order valence-corrected chi connectivity index (χ3v) is 1.75. The molecule has 68 valence electrons. The number of rotatable bonds is 3. The lowest BCUT2D eigenvalue weighted by atomic mass is 10.1. The summed E-state index contributed by atoms with van der Waals surface area (Å²) in [5, 5.41) is 8.50. The number of hydrogen-bond donors (Lipinski definition) is 2. The fourth-order valence-electron chi connectivity index (χ4n) is 1.05. The first-order valence-corrected chi connectivity index (χ1v) is 4.00. The molecule has 1 rings (SSSR count). The van der Waals surface area contributed by atoms with Crippen LogP contribution >= 0.6 is 0 Å². The van der Waals surface area contributed by atoms with E-state index in [0.717, 1.165) is 18.6 Å². The van der Waals surface area contributed by atoms with Crippen LogP contribution in [0, 0.1) is 0 Å². The van der Waals surface area contributed by atoms with Crippen molar-refractivity contribution in [2.45, 2.75) is 25.3 Å². The molecule has 0 aromatic carbocycles. The fourth-order valence-corrected chi connectivity index (χ4v) is 1.05. The predicted octanol–water partition coefficient (Wildman–Crippen LogP) is 0.483. The van der Waals surface area contributed by atoms with E-state index in [0.29, 0.717) is 13.0 Å². The van der Waals surface area contributed by atoms with Crippen LogP contribution in [0.1, 0.15) is 19.3 Å². The molecular formula is C8H13NO3. The highest BCUT2D eigenvalue weighted by atomic mass is 16.5. The van der Waals surface area contributed by atoms with Crippen molar-refractivity contribution in [2.24, 2.45) is 5.73 Å². The molecule has 0 radical (unpaired) electrons. The maximum atomic E-state index is 10.4. The van der Waals surface area contributed by atoms with E-state index >= 15 is 0 Å². The summed E-state index contributed by atoms with van der Waals surface area (Å²) in [6, 6.07) is -0.839. The van der Waals surface area contributed by atoms with E-state index in [2.05, 4.69) is 0 Å². The summed E-state index contributed by atoms with van der Waals surface area (Å²) >= 11 is 0. The number of carbonyl (C=O) groups is 1. The number of allylic oxidation sites excluding steroid dienone is 1. The lowest BCUT2D eigenvalue weighted by Crippen LogP contribution is -2.31. The molecule has 0 aromatic heterocycles. The molecular weight excluding hydrogens is 158 g/mol. The Morgan fingerprint density at radius 3 is 3.08 bits per heavy atom. The normalized spacial score (nSPS) is 19.2. The average molecular weight is 171 g/mol. The molecule has 0 bridgehead atoms. The van der Waals surface area contributed by atoms with Crippen LogP contribution in [0.4, 0.5) is 0 Å². The Labute approximate surface area is 71.0 Å². The zero-order valence-electron chi connectivity index (χ0n) is 6.82. The largest absolute Gasteiger partial charge is 0.498 e. The Balaban J connectivity index is 2.39. The number of ether oxygens (including phenoxy) is 1. The zero-order chi connectivity index (χ0) is 8.97. The van der Waals surface area contributed by atoms with Gasteiger partial charge in [0.1, 0.15) is 6.04 Å². The van der Waals surface area contributed by atoms with Gasteiger partial charge < -0.3 is 15.6 Å².